The number of methoxy groups -OCH3 is 1. The van der Waals surface area contributed by atoms with Crippen LogP contribution < -0.4 is 0 Å². The van der Waals surface area contributed by atoms with Crippen LogP contribution >= 0.6 is 0 Å². The number of ether oxygens (including phenoxy) is 1. The van der Waals surface area contributed by atoms with Crippen molar-refractivity contribution in [1.82, 2.24) is 0 Å². The minimum Gasteiger partial charge on any atom is -0.360 e. The molecular weight excluding hydrogens is 276 g/mol. The van der Waals surface area contributed by atoms with Crippen molar-refractivity contribution in [3.63, 3.8) is 0 Å². The summed E-state index contributed by atoms with van der Waals surface area (Å²) in [6.45, 7) is 2.06. The lowest BCUT2D eigenvalue weighted by Gasteiger charge is -2.37. The van der Waals surface area contributed by atoms with Crippen molar-refractivity contribution in [2.75, 3.05) is 7.11 Å². The molecule has 0 aliphatic heterocycles. The van der Waals surface area contributed by atoms with Crippen molar-refractivity contribution in [3.05, 3.63) is 35.4 Å². The van der Waals surface area contributed by atoms with E-state index >= 15 is 0 Å². The predicted octanol–water partition coefficient (Wildman–Crippen LogP) is 2.96. The molecule has 1 saturated carbocycles. The fourth-order valence-electron chi connectivity index (χ4n) is 3.15. The van der Waals surface area contributed by atoms with Gasteiger partial charge in [-0.3, -0.25) is 4.55 Å². The van der Waals surface area contributed by atoms with Gasteiger partial charge in [0.1, 0.15) is 0 Å². The van der Waals surface area contributed by atoms with E-state index < -0.39 is 15.1 Å². The standard InChI is InChI=1S/C15H22O4S/c1-12-6-3-4-8-14(12)10-13-7-5-9-15(11-13,19-2)20(16,17)18/h3-4,6,8,13H,5,7,9-11H2,1-2H3,(H,16,17,18). The fourth-order valence-corrected chi connectivity index (χ4v) is 4.21. The molecule has 4 nitrogen and oxygen atoms in total. The first-order valence-electron chi connectivity index (χ1n) is 6.95. The van der Waals surface area contributed by atoms with Crippen molar-refractivity contribution in [3.8, 4) is 0 Å². The van der Waals surface area contributed by atoms with E-state index in [9.17, 15) is 13.0 Å². The Balaban J connectivity index is 2.17. The first kappa shape index (κ1) is 15.5. The van der Waals surface area contributed by atoms with E-state index in [0.29, 0.717) is 12.8 Å². The monoisotopic (exact) mass is 298 g/mol. The van der Waals surface area contributed by atoms with Gasteiger partial charge >= 0.3 is 0 Å². The fraction of sp³-hybridized carbons (Fsp3) is 0.600. The van der Waals surface area contributed by atoms with E-state index in [4.69, 9.17) is 4.74 Å². The molecule has 0 heterocycles. The van der Waals surface area contributed by atoms with Crippen LogP contribution in [-0.2, 0) is 21.3 Å². The topological polar surface area (TPSA) is 63.6 Å². The van der Waals surface area contributed by atoms with Gasteiger partial charge in [0.05, 0.1) is 0 Å². The summed E-state index contributed by atoms with van der Waals surface area (Å²) in [4.78, 5) is -1.42. The van der Waals surface area contributed by atoms with Crippen LogP contribution in [0.5, 0.6) is 0 Å². The molecule has 1 aromatic carbocycles. The molecule has 0 amide bonds. The highest BCUT2D eigenvalue weighted by atomic mass is 32.2. The maximum absolute atomic E-state index is 11.6. The Morgan fingerprint density at radius 3 is 2.70 bits per heavy atom. The number of aryl methyl sites for hydroxylation is 1. The lowest BCUT2D eigenvalue weighted by atomic mass is 9.82. The van der Waals surface area contributed by atoms with Crippen molar-refractivity contribution in [2.45, 2.75) is 44.0 Å². The van der Waals surface area contributed by atoms with Gasteiger partial charge in [0.2, 0.25) is 0 Å². The molecule has 0 spiro atoms. The molecule has 1 aliphatic carbocycles. The van der Waals surface area contributed by atoms with Crippen LogP contribution in [0, 0.1) is 12.8 Å². The van der Waals surface area contributed by atoms with Crippen molar-refractivity contribution < 1.29 is 17.7 Å². The van der Waals surface area contributed by atoms with Gasteiger partial charge in [-0.25, -0.2) is 0 Å². The molecular formula is C15H22O4S. The van der Waals surface area contributed by atoms with E-state index in [2.05, 4.69) is 19.1 Å². The Kier molecular flexibility index (Phi) is 4.52. The summed E-state index contributed by atoms with van der Waals surface area (Å²) in [6, 6.07) is 8.13. The van der Waals surface area contributed by atoms with Gasteiger partial charge in [-0.2, -0.15) is 8.42 Å². The maximum atomic E-state index is 11.6. The molecule has 0 aromatic heterocycles. The second kappa shape index (κ2) is 5.84. The zero-order valence-corrected chi connectivity index (χ0v) is 12.8. The highest BCUT2D eigenvalue weighted by Crippen LogP contribution is 2.40. The van der Waals surface area contributed by atoms with Gasteiger partial charge in [-0.1, -0.05) is 24.3 Å². The first-order valence-corrected chi connectivity index (χ1v) is 8.39. The highest BCUT2D eigenvalue weighted by molar-refractivity contribution is 7.87. The number of hydrogen-bond donors (Lipinski definition) is 1. The Labute approximate surface area is 120 Å². The van der Waals surface area contributed by atoms with Gasteiger partial charge in [0.25, 0.3) is 10.1 Å². The molecule has 2 atom stereocenters. The van der Waals surface area contributed by atoms with E-state index in [1.165, 1.54) is 18.2 Å². The van der Waals surface area contributed by atoms with E-state index in [1.54, 1.807) is 0 Å². The minimum absolute atomic E-state index is 0.215. The van der Waals surface area contributed by atoms with Gasteiger partial charge in [-0.05, 0) is 56.1 Å². The molecule has 1 aromatic rings. The summed E-state index contributed by atoms with van der Waals surface area (Å²) in [5.41, 5.74) is 2.45. The summed E-state index contributed by atoms with van der Waals surface area (Å²) >= 11 is 0. The Morgan fingerprint density at radius 1 is 1.40 bits per heavy atom. The van der Waals surface area contributed by atoms with Gasteiger partial charge in [0, 0.05) is 7.11 Å². The Bertz CT molecular complexity index is 567. The molecule has 0 saturated heterocycles. The normalized spacial score (nSPS) is 27.4. The van der Waals surface area contributed by atoms with Crippen LogP contribution in [0.15, 0.2) is 24.3 Å². The number of hydrogen-bond acceptors (Lipinski definition) is 3. The quantitative estimate of drug-likeness (QED) is 0.868. The molecule has 1 fully saturated rings. The van der Waals surface area contributed by atoms with Crippen LogP contribution in [0.2, 0.25) is 0 Å². The van der Waals surface area contributed by atoms with Crippen molar-refractivity contribution in [2.24, 2.45) is 5.92 Å². The van der Waals surface area contributed by atoms with Crippen molar-refractivity contribution >= 4 is 10.1 Å². The van der Waals surface area contributed by atoms with Crippen LogP contribution in [0.4, 0.5) is 0 Å². The van der Waals surface area contributed by atoms with Crippen molar-refractivity contribution in [1.29, 1.82) is 0 Å². The molecule has 0 radical (unpaired) electrons. The maximum Gasteiger partial charge on any atom is 0.295 e. The summed E-state index contributed by atoms with van der Waals surface area (Å²) < 4.78 is 38.0. The average Bonchev–Trinajstić information content (AvgIpc) is 2.40. The molecule has 5 heteroatoms. The Morgan fingerprint density at radius 2 is 2.10 bits per heavy atom. The second-order valence-corrected chi connectivity index (χ2v) is 7.38. The van der Waals surface area contributed by atoms with Crippen LogP contribution in [0.1, 0.15) is 36.8 Å². The molecule has 1 N–H and O–H groups in total. The summed E-state index contributed by atoms with van der Waals surface area (Å²) in [7, 11) is -2.83. The van der Waals surface area contributed by atoms with E-state index in [-0.39, 0.29) is 5.92 Å². The smallest absolute Gasteiger partial charge is 0.295 e. The zero-order valence-electron chi connectivity index (χ0n) is 12.0. The lowest BCUT2D eigenvalue weighted by Crippen LogP contribution is -2.45. The Hall–Kier alpha value is -0.910. The molecule has 2 rings (SSSR count). The second-order valence-electron chi connectivity index (χ2n) is 5.68. The summed E-state index contributed by atoms with van der Waals surface area (Å²) in [6.07, 6.45) is 3.27. The SMILES string of the molecule is COC1(S(=O)(=O)O)CCCC(Cc2ccccc2C)C1. The molecule has 20 heavy (non-hydrogen) atoms. The molecule has 112 valence electrons. The predicted molar refractivity (Wildman–Crippen MR) is 78.1 cm³/mol. The van der Waals surface area contributed by atoms with Gasteiger partial charge in [0.15, 0.2) is 4.93 Å². The third-order valence-corrected chi connectivity index (χ3v) is 5.86. The van der Waals surface area contributed by atoms with E-state index in [1.807, 2.05) is 12.1 Å². The van der Waals surface area contributed by atoms with Gasteiger partial charge < -0.3 is 4.74 Å². The highest BCUT2D eigenvalue weighted by Gasteiger charge is 2.46. The van der Waals surface area contributed by atoms with Crippen LogP contribution in [-0.4, -0.2) is 25.0 Å². The zero-order chi connectivity index (χ0) is 14.8. The third kappa shape index (κ3) is 3.05. The largest absolute Gasteiger partial charge is 0.360 e. The molecule has 0 bridgehead atoms. The summed E-state index contributed by atoms with van der Waals surface area (Å²) in [5, 5.41) is 0. The van der Waals surface area contributed by atoms with Gasteiger partial charge in [-0.15, -0.1) is 0 Å². The average molecular weight is 298 g/mol. The third-order valence-electron chi connectivity index (χ3n) is 4.38. The summed E-state index contributed by atoms with van der Waals surface area (Å²) in [5.74, 6) is 0.215. The number of rotatable bonds is 4. The molecule has 2 unspecified atom stereocenters. The van der Waals surface area contributed by atoms with Crippen LogP contribution in [0.25, 0.3) is 0 Å². The first-order chi connectivity index (χ1) is 9.38. The van der Waals surface area contributed by atoms with Crippen LogP contribution in [0.3, 0.4) is 0 Å². The lowest BCUT2D eigenvalue weighted by molar-refractivity contribution is 0.00577. The molecule has 1 aliphatic rings. The van der Waals surface area contributed by atoms with E-state index in [0.717, 1.165) is 19.3 Å². The number of benzene rings is 1. The minimum atomic E-state index is -4.20.